The van der Waals surface area contributed by atoms with Crippen LogP contribution >= 0.6 is 11.6 Å². The third kappa shape index (κ3) is 5.90. The van der Waals surface area contributed by atoms with Crippen LogP contribution in [0, 0.1) is 12.8 Å². The van der Waals surface area contributed by atoms with E-state index in [1.807, 2.05) is 13.0 Å². The van der Waals surface area contributed by atoms with Crippen LogP contribution in [0.5, 0.6) is 0 Å². The second-order valence-electron chi connectivity index (χ2n) is 7.75. The van der Waals surface area contributed by atoms with Gasteiger partial charge in [-0.3, -0.25) is 9.59 Å². The summed E-state index contributed by atoms with van der Waals surface area (Å²) >= 11 is 6.05. The first kappa shape index (κ1) is 22.5. The predicted molar refractivity (Wildman–Crippen MR) is 116 cm³/mol. The molecule has 2 heterocycles. The first-order valence-electron chi connectivity index (χ1n) is 10.4. The van der Waals surface area contributed by atoms with Crippen LogP contribution in [-0.2, 0) is 35.6 Å². The number of nitrogens with one attached hydrogen (secondary N) is 1. The van der Waals surface area contributed by atoms with E-state index >= 15 is 0 Å². The minimum absolute atomic E-state index is 0.0168. The molecule has 162 valence electrons. The zero-order chi connectivity index (χ0) is 21.5. The van der Waals surface area contributed by atoms with Crippen molar-refractivity contribution >= 4 is 17.5 Å². The molecule has 1 aromatic carbocycles. The second-order valence-corrected chi connectivity index (χ2v) is 8.19. The molecule has 1 aliphatic rings. The van der Waals surface area contributed by atoms with Gasteiger partial charge >= 0.3 is 0 Å². The van der Waals surface area contributed by atoms with Crippen molar-refractivity contribution in [3.8, 4) is 0 Å². The summed E-state index contributed by atoms with van der Waals surface area (Å²) in [5, 5.41) is 7.73. The molecule has 1 fully saturated rings. The van der Waals surface area contributed by atoms with Gasteiger partial charge in [0.1, 0.15) is 0 Å². The summed E-state index contributed by atoms with van der Waals surface area (Å²) in [6.45, 7) is 4.61. The quantitative estimate of drug-likeness (QED) is 0.667. The van der Waals surface area contributed by atoms with E-state index in [-0.39, 0.29) is 17.9 Å². The van der Waals surface area contributed by atoms with Crippen LogP contribution in [0.3, 0.4) is 0 Å². The third-order valence-corrected chi connectivity index (χ3v) is 5.89. The van der Waals surface area contributed by atoms with Gasteiger partial charge in [-0.05, 0) is 60.9 Å². The molecule has 0 aliphatic carbocycles. The topological polar surface area (TPSA) is 99.2 Å². The molecule has 7 nitrogen and oxygen atoms in total. The Morgan fingerprint density at radius 3 is 2.83 bits per heavy atom. The van der Waals surface area contributed by atoms with E-state index in [0.717, 1.165) is 49.2 Å². The number of nitrogens with two attached hydrogens (primary N) is 1. The molecule has 1 aromatic heterocycles. The van der Waals surface area contributed by atoms with Crippen molar-refractivity contribution in [1.82, 2.24) is 15.1 Å². The van der Waals surface area contributed by atoms with Crippen molar-refractivity contribution in [3.63, 3.8) is 0 Å². The number of nitrogens with zero attached hydrogens (tertiary/aromatic N) is 2. The number of amides is 1. The Kier molecular flexibility index (Phi) is 8.01. The van der Waals surface area contributed by atoms with Gasteiger partial charge in [-0.25, -0.2) is 4.68 Å². The monoisotopic (exact) mass is 432 g/mol. The van der Waals surface area contributed by atoms with Crippen LogP contribution < -0.4 is 16.6 Å². The largest absolute Gasteiger partial charge is 0.381 e. The van der Waals surface area contributed by atoms with Gasteiger partial charge in [-0.1, -0.05) is 17.7 Å². The minimum atomic E-state index is -0.222. The van der Waals surface area contributed by atoms with Gasteiger partial charge in [-0.2, -0.15) is 5.10 Å². The highest BCUT2D eigenvalue weighted by atomic mass is 35.5. The summed E-state index contributed by atoms with van der Waals surface area (Å²) in [4.78, 5) is 25.4. The lowest BCUT2D eigenvalue weighted by molar-refractivity contribution is -0.120. The summed E-state index contributed by atoms with van der Waals surface area (Å²) in [5.74, 6) is 0.329. The molecular weight excluding hydrogens is 404 g/mol. The fourth-order valence-corrected chi connectivity index (χ4v) is 3.90. The molecule has 0 bridgehead atoms. The summed E-state index contributed by atoms with van der Waals surface area (Å²) in [6.07, 6.45) is 4.61. The van der Waals surface area contributed by atoms with Crippen molar-refractivity contribution in [2.45, 2.75) is 52.2 Å². The van der Waals surface area contributed by atoms with E-state index in [1.165, 1.54) is 4.68 Å². The number of aromatic nitrogens is 2. The standard InChI is InChI=1S/C22H29ClN4O3/c1-15-13-26-27(7-4-16-5-8-30-9-6-16)22(29)20(15)11-21(28)25-14-18-10-19(23)3-2-17(18)12-24/h2-3,10,13,16H,4-9,11-12,14,24H2,1H3,(H,25,28). The third-order valence-electron chi connectivity index (χ3n) is 5.65. The Balaban J connectivity index is 1.63. The maximum Gasteiger partial charge on any atom is 0.270 e. The van der Waals surface area contributed by atoms with Crippen LogP contribution in [0.1, 0.15) is 41.5 Å². The Morgan fingerprint density at radius 2 is 2.10 bits per heavy atom. The van der Waals surface area contributed by atoms with Crippen molar-refractivity contribution < 1.29 is 9.53 Å². The molecule has 8 heteroatoms. The number of hydrogen-bond acceptors (Lipinski definition) is 5. The molecule has 1 saturated heterocycles. The molecule has 1 amide bonds. The van der Waals surface area contributed by atoms with E-state index in [1.54, 1.807) is 18.3 Å². The Morgan fingerprint density at radius 1 is 1.33 bits per heavy atom. The lowest BCUT2D eigenvalue weighted by Crippen LogP contribution is -2.33. The maximum atomic E-state index is 12.9. The second kappa shape index (κ2) is 10.7. The molecule has 2 aromatic rings. The highest BCUT2D eigenvalue weighted by molar-refractivity contribution is 6.30. The van der Waals surface area contributed by atoms with Crippen LogP contribution in [0.2, 0.25) is 5.02 Å². The Bertz CT molecular complexity index is 938. The fourth-order valence-electron chi connectivity index (χ4n) is 3.70. The SMILES string of the molecule is Cc1cnn(CCC2CCOCC2)c(=O)c1CC(=O)NCc1cc(Cl)ccc1CN. The van der Waals surface area contributed by atoms with Crippen LogP contribution in [-0.4, -0.2) is 28.9 Å². The smallest absolute Gasteiger partial charge is 0.270 e. The highest BCUT2D eigenvalue weighted by Crippen LogP contribution is 2.19. The number of aryl methyl sites for hydroxylation is 2. The molecule has 0 spiro atoms. The van der Waals surface area contributed by atoms with Gasteiger partial charge in [-0.15, -0.1) is 0 Å². The van der Waals surface area contributed by atoms with Crippen LogP contribution in [0.25, 0.3) is 0 Å². The number of benzene rings is 1. The van der Waals surface area contributed by atoms with Crippen molar-refractivity contribution in [2.75, 3.05) is 13.2 Å². The molecular formula is C22H29ClN4O3. The lowest BCUT2D eigenvalue weighted by atomic mass is 9.97. The Labute approximate surface area is 181 Å². The number of rotatable bonds is 8. The average molecular weight is 433 g/mol. The van der Waals surface area contributed by atoms with Crippen molar-refractivity contribution in [2.24, 2.45) is 11.7 Å². The van der Waals surface area contributed by atoms with E-state index in [4.69, 9.17) is 22.1 Å². The predicted octanol–water partition coefficient (Wildman–Crippen LogP) is 2.34. The molecule has 1 aliphatic heterocycles. The maximum absolute atomic E-state index is 12.9. The van der Waals surface area contributed by atoms with Gasteiger partial charge < -0.3 is 15.8 Å². The fraction of sp³-hybridized carbons (Fsp3) is 0.500. The number of carbonyl (C=O) groups excluding carboxylic acids is 1. The van der Waals surface area contributed by atoms with Crippen LogP contribution in [0.15, 0.2) is 29.2 Å². The number of halogens is 1. The number of carbonyl (C=O) groups is 1. The molecule has 0 atom stereocenters. The zero-order valence-electron chi connectivity index (χ0n) is 17.3. The van der Waals surface area contributed by atoms with E-state index < -0.39 is 0 Å². The van der Waals surface area contributed by atoms with E-state index in [0.29, 0.717) is 36.1 Å². The summed E-state index contributed by atoms with van der Waals surface area (Å²) in [5.41, 5.74) is 8.57. The van der Waals surface area contributed by atoms with Crippen molar-refractivity contribution in [3.05, 3.63) is 62.0 Å². The Hall–Kier alpha value is -2.22. The number of ether oxygens (including phenoxy) is 1. The summed E-state index contributed by atoms with van der Waals surface area (Å²) in [7, 11) is 0. The first-order chi connectivity index (χ1) is 14.5. The van der Waals surface area contributed by atoms with Gasteiger partial charge in [0.15, 0.2) is 0 Å². The summed E-state index contributed by atoms with van der Waals surface area (Å²) in [6, 6.07) is 5.43. The van der Waals surface area contributed by atoms with Gasteiger partial charge in [0.25, 0.3) is 5.56 Å². The van der Waals surface area contributed by atoms with Crippen molar-refractivity contribution in [1.29, 1.82) is 0 Å². The molecule has 0 saturated carbocycles. The van der Waals surface area contributed by atoms with Gasteiger partial charge in [0.2, 0.25) is 5.91 Å². The molecule has 3 N–H and O–H groups in total. The molecule has 0 unspecified atom stereocenters. The lowest BCUT2D eigenvalue weighted by Gasteiger charge is -2.22. The highest BCUT2D eigenvalue weighted by Gasteiger charge is 2.17. The number of hydrogen-bond donors (Lipinski definition) is 2. The first-order valence-corrected chi connectivity index (χ1v) is 10.7. The summed E-state index contributed by atoms with van der Waals surface area (Å²) < 4.78 is 6.87. The zero-order valence-corrected chi connectivity index (χ0v) is 18.1. The van der Waals surface area contributed by atoms with E-state index in [2.05, 4.69) is 10.4 Å². The molecule has 30 heavy (non-hydrogen) atoms. The molecule has 3 rings (SSSR count). The normalized spacial score (nSPS) is 14.6. The molecule has 0 radical (unpaired) electrons. The van der Waals surface area contributed by atoms with E-state index in [9.17, 15) is 9.59 Å². The van der Waals surface area contributed by atoms with Gasteiger partial charge in [0.05, 0.1) is 12.6 Å². The van der Waals surface area contributed by atoms with Gasteiger partial charge in [0, 0.05) is 43.4 Å². The van der Waals surface area contributed by atoms with Crippen LogP contribution in [0.4, 0.5) is 0 Å². The average Bonchev–Trinajstić information content (AvgIpc) is 2.75. The minimum Gasteiger partial charge on any atom is -0.381 e.